The predicted molar refractivity (Wildman–Crippen MR) is 90.0 cm³/mol. The number of nitrogens with zero attached hydrogens (tertiary/aromatic N) is 2. The van der Waals surface area contributed by atoms with Crippen molar-refractivity contribution < 1.29 is 10.0 Å². The smallest absolute Gasteiger partial charge is 0.270 e. The summed E-state index contributed by atoms with van der Waals surface area (Å²) >= 11 is 0. The number of non-ortho nitro benzene ring substituents is 1. The van der Waals surface area contributed by atoms with Gasteiger partial charge in [0.2, 0.25) is 0 Å². The van der Waals surface area contributed by atoms with Crippen molar-refractivity contribution in [2.24, 2.45) is 0 Å². The Morgan fingerprint density at radius 1 is 1.26 bits per heavy atom. The zero-order chi connectivity index (χ0) is 17.2. The first-order valence-electron chi connectivity index (χ1n) is 7.08. The average molecular weight is 310 g/mol. The summed E-state index contributed by atoms with van der Waals surface area (Å²) < 4.78 is 0. The highest BCUT2D eigenvalue weighted by molar-refractivity contribution is 5.60. The van der Waals surface area contributed by atoms with Gasteiger partial charge in [0.15, 0.2) is 0 Å². The second-order valence-corrected chi connectivity index (χ2v) is 4.79. The van der Waals surface area contributed by atoms with Crippen molar-refractivity contribution in [3.63, 3.8) is 0 Å². The van der Waals surface area contributed by atoms with Crippen molar-refractivity contribution in [2.45, 2.75) is 20.3 Å². The van der Waals surface area contributed by atoms with Gasteiger partial charge in [0.05, 0.1) is 16.6 Å². The number of hydrogen-bond donors (Lipinski definition) is 1. The summed E-state index contributed by atoms with van der Waals surface area (Å²) in [4.78, 5) is 9.95. The minimum absolute atomic E-state index is 0.0152. The fourth-order valence-corrected chi connectivity index (χ4v) is 1.66. The quantitative estimate of drug-likeness (QED) is 0.663. The van der Waals surface area contributed by atoms with Crippen molar-refractivity contribution >= 4 is 11.8 Å². The summed E-state index contributed by atoms with van der Waals surface area (Å²) in [6.45, 7) is 3.95. The Labute approximate surface area is 135 Å². The van der Waals surface area contributed by atoms with Crippen LogP contribution in [0.2, 0.25) is 0 Å². The van der Waals surface area contributed by atoms with Crippen LogP contribution in [0.5, 0.6) is 5.75 Å². The molecule has 0 aliphatic rings. The van der Waals surface area contributed by atoms with Gasteiger partial charge < -0.3 is 5.11 Å². The maximum atomic E-state index is 10.4. The second kappa shape index (κ2) is 9.00. The van der Waals surface area contributed by atoms with Gasteiger partial charge in [0, 0.05) is 17.7 Å². The third-order valence-corrected chi connectivity index (χ3v) is 2.94. The normalized spacial score (nSPS) is 9.78. The topological polar surface area (TPSA) is 87.2 Å². The molecule has 0 spiro atoms. The van der Waals surface area contributed by atoms with E-state index in [4.69, 9.17) is 5.26 Å². The molecule has 5 nitrogen and oxygen atoms in total. The molecule has 0 saturated carbocycles. The number of aryl methyl sites for hydroxylation is 1. The first-order chi connectivity index (χ1) is 11.0. The molecule has 0 fully saturated rings. The number of hydrogen-bond acceptors (Lipinski definition) is 4. The molecule has 0 bridgehead atoms. The Bertz CT molecular complexity index is 729. The highest BCUT2D eigenvalue weighted by atomic mass is 16.6. The zero-order valence-corrected chi connectivity index (χ0v) is 13.1. The molecule has 0 amide bonds. The third kappa shape index (κ3) is 6.02. The van der Waals surface area contributed by atoms with Crippen LogP contribution in [-0.2, 0) is 0 Å². The first kappa shape index (κ1) is 17.9. The van der Waals surface area contributed by atoms with Crippen molar-refractivity contribution in [3.05, 3.63) is 75.3 Å². The summed E-state index contributed by atoms with van der Waals surface area (Å²) in [6.07, 6.45) is 4.32. The van der Waals surface area contributed by atoms with E-state index in [0.717, 1.165) is 12.0 Å². The number of benzene rings is 2. The number of phenolic OH excluding ortho intramolecular Hbond substituents is 1. The van der Waals surface area contributed by atoms with Crippen LogP contribution >= 0.6 is 0 Å². The van der Waals surface area contributed by atoms with Crippen molar-refractivity contribution in [1.29, 1.82) is 5.26 Å². The fourth-order valence-electron chi connectivity index (χ4n) is 1.66. The van der Waals surface area contributed by atoms with Crippen molar-refractivity contribution in [1.82, 2.24) is 0 Å². The number of allylic oxidation sites excluding steroid dienone is 1. The van der Waals surface area contributed by atoms with Crippen molar-refractivity contribution in [2.75, 3.05) is 0 Å². The molecule has 23 heavy (non-hydrogen) atoms. The lowest BCUT2D eigenvalue weighted by atomic mass is 10.1. The third-order valence-electron chi connectivity index (χ3n) is 2.94. The lowest BCUT2D eigenvalue weighted by Crippen LogP contribution is -1.88. The number of nitro groups is 1. The molecular weight excluding hydrogens is 292 g/mol. The molecule has 0 aliphatic carbocycles. The van der Waals surface area contributed by atoms with E-state index in [1.807, 2.05) is 44.2 Å². The summed E-state index contributed by atoms with van der Waals surface area (Å²) in [5.41, 5.74) is 2.37. The van der Waals surface area contributed by atoms with Gasteiger partial charge in [-0.2, -0.15) is 5.26 Å². The first-order valence-corrected chi connectivity index (χ1v) is 7.08. The summed E-state index contributed by atoms with van der Waals surface area (Å²) in [7, 11) is 0. The average Bonchev–Trinajstić information content (AvgIpc) is 2.55. The lowest BCUT2D eigenvalue weighted by molar-refractivity contribution is -0.384. The van der Waals surface area contributed by atoms with Gasteiger partial charge in [-0.15, -0.1) is 0 Å². The van der Waals surface area contributed by atoms with Gasteiger partial charge in [-0.05, 0) is 31.5 Å². The molecule has 5 heteroatoms. The monoisotopic (exact) mass is 310 g/mol. The molecule has 1 N–H and O–H groups in total. The van der Waals surface area contributed by atoms with Gasteiger partial charge in [0.25, 0.3) is 5.69 Å². The van der Waals surface area contributed by atoms with Crippen LogP contribution in [-0.4, -0.2) is 10.0 Å². The van der Waals surface area contributed by atoms with E-state index in [2.05, 4.69) is 6.07 Å². The molecule has 118 valence electrons. The molecule has 2 aromatic carbocycles. The maximum Gasteiger partial charge on any atom is 0.270 e. The van der Waals surface area contributed by atoms with Crippen LogP contribution in [0.3, 0.4) is 0 Å². The summed E-state index contributed by atoms with van der Waals surface area (Å²) in [6, 6.07) is 13.5. The fraction of sp³-hybridized carbons (Fsp3) is 0.167. The number of nitriles is 1. The van der Waals surface area contributed by atoms with Gasteiger partial charge in [-0.3, -0.25) is 10.1 Å². The minimum Gasteiger partial charge on any atom is -0.507 e. The van der Waals surface area contributed by atoms with Crippen LogP contribution in [0.25, 0.3) is 6.08 Å². The second-order valence-electron chi connectivity index (χ2n) is 4.79. The number of rotatable bonds is 3. The number of aromatic hydroxyl groups is 1. The Kier molecular flexibility index (Phi) is 7.02. The summed E-state index contributed by atoms with van der Waals surface area (Å²) in [5, 5.41) is 28.2. The molecule has 0 radical (unpaired) electrons. The Morgan fingerprint density at radius 2 is 1.91 bits per heavy atom. The Morgan fingerprint density at radius 3 is 2.43 bits per heavy atom. The Hall–Kier alpha value is -3.13. The van der Waals surface area contributed by atoms with E-state index in [1.54, 1.807) is 6.08 Å². The molecule has 2 rings (SSSR count). The van der Waals surface area contributed by atoms with Crippen LogP contribution in [0.4, 0.5) is 5.69 Å². The van der Waals surface area contributed by atoms with Crippen LogP contribution in [0, 0.1) is 28.4 Å². The van der Waals surface area contributed by atoms with E-state index in [1.165, 1.54) is 23.8 Å². The largest absolute Gasteiger partial charge is 0.507 e. The van der Waals surface area contributed by atoms with Gasteiger partial charge >= 0.3 is 0 Å². The molecule has 0 saturated heterocycles. The molecule has 0 aliphatic heterocycles. The predicted octanol–water partition coefficient (Wildman–Crippen LogP) is 4.59. The Balaban J connectivity index is 0.000000253. The van der Waals surface area contributed by atoms with Crippen molar-refractivity contribution in [3.8, 4) is 11.8 Å². The highest BCUT2D eigenvalue weighted by Gasteiger charge is 2.07. The van der Waals surface area contributed by atoms with Gasteiger partial charge in [0.1, 0.15) is 5.75 Å². The molecule has 0 aromatic heterocycles. The van der Waals surface area contributed by atoms with Crippen LogP contribution in [0.15, 0.2) is 48.5 Å². The van der Waals surface area contributed by atoms with Crippen LogP contribution in [0.1, 0.15) is 30.0 Å². The van der Waals surface area contributed by atoms with E-state index >= 15 is 0 Å². The van der Waals surface area contributed by atoms with E-state index in [0.29, 0.717) is 5.56 Å². The molecule has 0 unspecified atom stereocenters. The number of phenols is 1. The van der Waals surface area contributed by atoms with Crippen LogP contribution < -0.4 is 0 Å². The van der Waals surface area contributed by atoms with E-state index in [9.17, 15) is 15.2 Å². The number of nitro benzene ring substituents is 1. The molecule has 0 atom stereocenters. The SMILES string of the molecule is CC/C=C\c1cc([N+](=O)[O-])ccc1O.Cc1ccc(C#N)cc1. The standard InChI is InChI=1S/C10H11NO3.C8H7N/c1-2-3-4-8-7-9(11(13)14)5-6-10(8)12;1-7-2-4-8(6-9)5-3-7/h3-7,12H,2H2,1H3;2-5H,1H3/b4-3-;. The van der Waals surface area contributed by atoms with E-state index < -0.39 is 4.92 Å². The maximum absolute atomic E-state index is 10.4. The van der Waals surface area contributed by atoms with E-state index in [-0.39, 0.29) is 11.4 Å². The van der Waals surface area contributed by atoms with Gasteiger partial charge in [-0.25, -0.2) is 0 Å². The minimum atomic E-state index is -0.483. The molecule has 2 aromatic rings. The van der Waals surface area contributed by atoms with Gasteiger partial charge in [-0.1, -0.05) is 36.8 Å². The lowest BCUT2D eigenvalue weighted by Gasteiger charge is -1.98. The highest BCUT2D eigenvalue weighted by Crippen LogP contribution is 2.24. The zero-order valence-electron chi connectivity index (χ0n) is 13.1. The molecular formula is C18H18N2O3. The summed E-state index contributed by atoms with van der Waals surface area (Å²) in [5.74, 6) is 0.0558. The molecule has 0 heterocycles.